The highest BCUT2D eigenvalue weighted by Gasteiger charge is 2.21. The summed E-state index contributed by atoms with van der Waals surface area (Å²) in [6.45, 7) is 11.8. The Morgan fingerprint density at radius 1 is 1.53 bits per heavy atom. The van der Waals surface area contributed by atoms with Gasteiger partial charge in [-0.1, -0.05) is 32.3 Å². The number of hydrogen-bond acceptors (Lipinski definition) is 4. The Balaban J connectivity index is 1.74. The molecule has 2 rings (SSSR count). The predicted molar refractivity (Wildman–Crippen MR) is 76.7 cm³/mol. The van der Waals surface area contributed by atoms with E-state index in [-0.39, 0.29) is 0 Å². The van der Waals surface area contributed by atoms with Crippen LogP contribution in [-0.2, 0) is 13.1 Å². The zero-order chi connectivity index (χ0) is 13.7. The Hall–Kier alpha value is -0.870. The fourth-order valence-electron chi connectivity index (χ4n) is 2.61. The van der Waals surface area contributed by atoms with Crippen molar-refractivity contribution >= 4 is 0 Å². The molecule has 0 saturated carbocycles. The van der Waals surface area contributed by atoms with Crippen LogP contribution in [0.2, 0.25) is 0 Å². The summed E-state index contributed by atoms with van der Waals surface area (Å²) in [5, 5.41) is 7.52. The van der Waals surface area contributed by atoms with Crippen LogP contribution < -0.4 is 5.32 Å². The number of aromatic nitrogens is 1. The molecular formula is C15H27N3O. The summed E-state index contributed by atoms with van der Waals surface area (Å²) < 4.78 is 5.42. The van der Waals surface area contributed by atoms with Gasteiger partial charge >= 0.3 is 0 Å². The Kier molecular flexibility index (Phi) is 5.40. The highest BCUT2D eigenvalue weighted by molar-refractivity contribution is 5.05. The maximum atomic E-state index is 5.42. The molecule has 4 heteroatoms. The molecule has 1 aliphatic rings. The first kappa shape index (κ1) is 14.5. The minimum Gasteiger partial charge on any atom is -0.360 e. The second kappa shape index (κ2) is 7.06. The van der Waals surface area contributed by atoms with Crippen LogP contribution in [0.3, 0.4) is 0 Å². The van der Waals surface area contributed by atoms with Crippen molar-refractivity contribution in [3.8, 4) is 0 Å². The van der Waals surface area contributed by atoms with E-state index in [0.29, 0.717) is 5.92 Å². The minimum absolute atomic E-state index is 0.668. The van der Waals surface area contributed by atoms with Crippen molar-refractivity contribution in [1.29, 1.82) is 0 Å². The fourth-order valence-corrected chi connectivity index (χ4v) is 2.61. The number of rotatable bonds is 7. The van der Waals surface area contributed by atoms with Crippen LogP contribution in [0.1, 0.15) is 45.1 Å². The molecule has 0 aromatic carbocycles. The Morgan fingerprint density at radius 2 is 2.37 bits per heavy atom. The molecule has 0 aliphatic carbocycles. The molecular weight excluding hydrogens is 238 g/mol. The van der Waals surface area contributed by atoms with Crippen LogP contribution in [0, 0.1) is 11.8 Å². The molecule has 1 aromatic rings. The number of nitrogens with one attached hydrogen (secondary N) is 1. The average molecular weight is 265 g/mol. The largest absolute Gasteiger partial charge is 0.360 e. The molecule has 0 amide bonds. The molecule has 1 aliphatic heterocycles. The molecule has 0 bridgehead atoms. The molecule has 0 radical (unpaired) electrons. The average Bonchev–Trinajstić information content (AvgIpc) is 2.99. The highest BCUT2D eigenvalue weighted by atomic mass is 16.5. The minimum atomic E-state index is 0.668. The molecule has 1 atom stereocenters. The van der Waals surface area contributed by atoms with Gasteiger partial charge in [0.2, 0.25) is 0 Å². The molecule has 4 nitrogen and oxygen atoms in total. The molecule has 1 N–H and O–H groups in total. The Labute approximate surface area is 116 Å². The summed E-state index contributed by atoms with van der Waals surface area (Å²) in [6, 6.07) is 2.09. The van der Waals surface area contributed by atoms with Gasteiger partial charge in [-0.2, -0.15) is 0 Å². The van der Waals surface area contributed by atoms with E-state index in [0.717, 1.165) is 37.0 Å². The van der Waals surface area contributed by atoms with E-state index in [1.807, 2.05) is 0 Å². The number of likely N-dealkylation sites (tertiary alicyclic amines) is 1. The fraction of sp³-hybridized carbons (Fsp3) is 0.800. The third-order valence-corrected chi connectivity index (χ3v) is 3.79. The number of nitrogens with zero attached hydrogens (tertiary/aromatic N) is 2. The lowest BCUT2D eigenvalue weighted by Crippen LogP contribution is -2.20. The highest BCUT2D eigenvalue weighted by Crippen LogP contribution is 2.21. The summed E-state index contributed by atoms with van der Waals surface area (Å²) in [6.07, 6.45) is 2.62. The van der Waals surface area contributed by atoms with E-state index >= 15 is 0 Å². The Morgan fingerprint density at radius 3 is 3.05 bits per heavy atom. The van der Waals surface area contributed by atoms with Gasteiger partial charge in [0, 0.05) is 19.2 Å². The third kappa shape index (κ3) is 4.62. The molecule has 1 saturated heterocycles. The third-order valence-electron chi connectivity index (χ3n) is 3.79. The van der Waals surface area contributed by atoms with Gasteiger partial charge in [-0.05, 0) is 31.3 Å². The second-order valence-corrected chi connectivity index (χ2v) is 6.11. The maximum Gasteiger partial charge on any atom is 0.151 e. The van der Waals surface area contributed by atoms with Gasteiger partial charge in [0.15, 0.2) is 5.76 Å². The SMILES string of the molecule is CCC1CCN(Cc2cc(CNCC(C)C)no2)C1. The zero-order valence-corrected chi connectivity index (χ0v) is 12.5. The summed E-state index contributed by atoms with van der Waals surface area (Å²) in [5.41, 5.74) is 1.02. The first-order chi connectivity index (χ1) is 9.17. The standard InChI is InChI=1S/C15H27N3O/c1-4-13-5-6-18(10-13)11-15-7-14(17-19-15)9-16-8-12(2)3/h7,12-13,16H,4-6,8-11H2,1-3H3. The summed E-state index contributed by atoms with van der Waals surface area (Å²) in [7, 11) is 0. The quantitative estimate of drug-likeness (QED) is 0.823. The van der Waals surface area contributed by atoms with E-state index in [1.54, 1.807) is 0 Å². The molecule has 19 heavy (non-hydrogen) atoms. The van der Waals surface area contributed by atoms with Crippen LogP contribution in [0.4, 0.5) is 0 Å². The summed E-state index contributed by atoms with van der Waals surface area (Å²) >= 11 is 0. The van der Waals surface area contributed by atoms with E-state index < -0.39 is 0 Å². The predicted octanol–water partition coefficient (Wildman–Crippen LogP) is 2.65. The maximum absolute atomic E-state index is 5.42. The van der Waals surface area contributed by atoms with E-state index in [4.69, 9.17) is 4.52 Å². The lowest BCUT2D eigenvalue weighted by atomic mass is 10.1. The van der Waals surface area contributed by atoms with Crippen molar-refractivity contribution in [2.45, 2.75) is 46.7 Å². The number of hydrogen-bond donors (Lipinski definition) is 1. The van der Waals surface area contributed by atoms with Gasteiger partial charge in [0.1, 0.15) is 0 Å². The second-order valence-electron chi connectivity index (χ2n) is 6.11. The zero-order valence-electron chi connectivity index (χ0n) is 12.5. The monoisotopic (exact) mass is 265 g/mol. The van der Waals surface area contributed by atoms with Crippen LogP contribution in [0.25, 0.3) is 0 Å². The van der Waals surface area contributed by atoms with Gasteiger partial charge in [-0.15, -0.1) is 0 Å². The summed E-state index contributed by atoms with van der Waals surface area (Å²) in [5.74, 6) is 2.54. The first-order valence-corrected chi connectivity index (χ1v) is 7.55. The lowest BCUT2D eigenvalue weighted by molar-refractivity contribution is 0.264. The molecule has 1 aromatic heterocycles. The normalized spacial score (nSPS) is 20.5. The first-order valence-electron chi connectivity index (χ1n) is 7.55. The topological polar surface area (TPSA) is 41.3 Å². The molecule has 0 spiro atoms. The smallest absolute Gasteiger partial charge is 0.151 e. The van der Waals surface area contributed by atoms with Crippen LogP contribution >= 0.6 is 0 Å². The van der Waals surface area contributed by atoms with Gasteiger partial charge in [-0.25, -0.2) is 0 Å². The van der Waals surface area contributed by atoms with Gasteiger partial charge < -0.3 is 9.84 Å². The van der Waals surface area contributed by atoms with Gasteiger partial charge in [-0.3, -0.25) is 4.90 Å². The van der Waals surface area contributed by atoms with Gasteiger partial charge in [0.25, 0.3) is 0 Å². The lowest BCUT2D eigenvalue weighted by Gasteiger charge is -2.12. The van der Waals surface area contributed by atoms with E-state index in [1.165, 1.54) is 25.9 Å². The van der Waals surface area contributed by atoms with Crippen molar-refractivity contribution in [2.75, 3.05) is 19.6 Å². The Bertz CT molecular complexity index is 375. The van der Waals surface area contributed by atoms with Crippen LogP contribution in [-0.4, -0.2) is 29.7 Å². The van der Waals surface area contributed by atoms with Crippen LogP contribution in [0.15, 0.2) is 10.6 Å². The van der Waals surface area contributed by atoms with Crippen molar-refractivity contribution in [3.63, 3.8) is 0 Å². The molecule has 108 valence electrons. The van der Waals surface area contributed by atoms with Crippen molar-refractivity contribution < 1.29 is 4.52 Å². The van der Waals surface area contributed by atoms with Crippen molar-refractivity contribution in [1.82, 2.24) is 15.4 Å². The van der Waals surface area contributed by atoms with Crippen LogP contribution in [0.5, 0.6) is 0 Å². The summed E-state index contributed by atoms with van der Waals surface area (Å²) in [4.78, 5) is 2.47. The molecule has 1 fully saturated rings. The van der Waals surface area contributed by atoms with Crippen molar-refractivity contribution in [3.05, 3.63) is 17.5 Å². The van der Waals surface area contributed by atoms with Gasteiger partial charge in [0.05, 0.1) is 12.2 Å². The van der Waals surface area contributed by atoms with Crippen molar-refractivity contribution in [2.24, 2.45) is 11.8 Å². The molecule has 2 heterocycles. The van der Waals surface area contributed by atoms with E-state index in [9.17, 15) is 0 Å². The molecule has 1 unspecified atom stereocenters. The van der Waals surface area contributed by atoms with E-state index in [2.05, 4.69) is 42.2 Å².